The molecule has 0 saturated heterocycles. The minimum Gasteiger partial charge on any atom is -0.454 e. The third kappa shape index (κ3) is 3.77. The molecule has 7 aromatic rings. The molecule has 8 rings (SSSR count). The standard InChI is InChI=1S/C38H35BN2O3/c1-36(2)28-13-9-7-11-23(28)25-18-26-24-12-8-10-14-31(24)41(32(26)19-29(25)36)22-15-16-33-27(17-22)35-30(20-40-21-34(35)43-33)39-44-38(5,6)37(3,4)42/h7-21,39,42H,1-6H3. The van der Waals surface area contributed by atoms with Crippen molar-refractivity contribution in [1.29, 1.82) is 0 Å². The molecule has 3 heterocycles. The number of benzene rings is 4. The fourth-order valence-corrected chi connectivity index (χ4v) is 6.91. The van der Waals surface area contributed by atoms with E-state index in [1.54, 1.807) is 20.0 Å². The molecule has 0 unspecified atom stereocenters. The first-order valence-electron chi connectivity index (χ1n) is 15.3. The van der Waals surface area contributed by atoms with Gasteiger partial charge in [0.25, 0.3) is 0 Å². The number of aromatic nitrogens is 2. The van der Waals surface area contributed by atoms with E-state index in [9.17, 15) is 5.11 Å². The van der Waals surface area contributed by atoms with Crippen LogP contribution in [0.3, 0.4) is 0 Å². The van der Waals surface area contributed by atoms with Crippen molar-refractivity contribution in [2.75, 3.05) is 0 Å². The maximum Gasteiger partial charge on any atom is 0.311 e. The van der Waals surface area contributed by atoms with Crippen LogP contribution in [-0.4, -0.2) is 33.3 Å². The van der Waals surface area contributed by atoms with E-state index in [1.165, 1.54) is 44.1 Å². The second kappa shape index (κ2) is 9.07. The molecule has 4 aromatic carbocycles. The van der Waals surface area contributed by atoms with Gasteiger partial charge in [-0.2, -0.15) is 0 Å². The third-order valence-corrected chi connectivity index (χ3v) is 10.1. The fraction of sp³-hybridized carbons (Fsp3) is 0.237. The monoisotopic (exact) mass is 578 g/mol. The molecule has 218 valence electrons. The Hall–Kier alpha value is -4.39. The van der Waals surface area contributed by atoms with Crippen LogP contribution in [0.15, 0.2) is 95.7 Å². The molecule has 1 N–H and O–H groups in total. The van der Waals surface area contributed by atoms with Gasteiger partial charge in [-0.3, -0.25) is 4.98 Å². The van der Waals surface area contributed by atoms with Gasteiger partial charge in [0.05, 0.1) is 28.4 Å². The second-order valence-corrected chi connectivity index (χ2v) is 13.8. The van der Waals surface area contributed by atoms with E-state index >= 15 is 0 Å². The van der Waals surface area contributed by atoms with Gasteiger partial charge in [0.15, 0.2) is 5.58 Å². The summed E-state index contributed by atoms with van der Waals surface area (Å²) in [5, 5.41) is 15.1. The highest BCUT2D eigenvalue weighted by Gasteiger charge is 2.37. The van der Waals surface area contributed by atoms with Gasteiger partial charge in [0, 0.05) is 38.8 Å². The van der Waals surface area contributed by atoms with Crippen LogP contribution in [-0.2, 0) is 10.1 Å². The number of nitrogens with zero attached hydrogens (tertiary/aromatic N) is 2. The minimum absolute atomic E-state index is 0.0923. The van der Waals surface area contributed by atoms with E-state index in [0.717, 1.165) is 33.1 Å². The number of para-hydroxylation sites is 1. The topological polar surface area (TPSA) is 60.4 Å². The lowest BCUT2D eigenvalue weighted by atomic mass is 9.81. The molecule has 0 amide bonds. The Labute approximate surface area is 257 Å². The van der Waals surface area contributed by atoms with Gasteiger partial charge in [-0.05, 0) is 91.8 Å². The summed E-state index contributed by atoms with van der Waals surface area (Å²) in [6.45, 7) is 12.0. The van der Waals surface area contributed by atoms with E-state index in [2.05, 4.69) is 102 Å². The van der Waals surface area contributed by atoms with Crippen LogP contribution in [0.4, 0.5) is 0 Å². The molecule has 44 heavy (non-hydrogen) atoms. The molecule has 0 aliphatic heterocycles. The van der Waals surface area contributed by atoms with Gasteiger partial charge < -0.3 is 18.7 Å². The van der Waals surface area contributed by atoms with Crippen LogP contribution in [0.2, 0.25) is 0 Å². The van der Waals surface area contributed by atoms with Gasteiger partial charge in [0.2, 0.25) is 0 Å². The van der Waals surface area contributed by atoms with E-state index < -0.39 is 11.2 Å². The summed E-state index contributed by atoms with van der Waals surface area (Å²) in [6.07, 6.45) is 3.61. The van der Waals surface area contributed by atoms with E-state index in [4.69, 9.17) is 9.07 Å². The Bertz CT molecular complexity index is 2280. The van der Waals surface area contributed by atoms with Crippen LogP contribution in [0.1, 0.15) is 52.7 Å². The first-order chi connectivity index (χ1) is 21.0. The Morgan fingerprint density at radius 1 is 0.773 bits per heavy atom. The zero-order valence-electron chi connectivity index (χ0n) is 26.0. The molecule has 0 atom stereocenters. The van der Waals surface area contributed by atoms with E-state index in [1.807, 2.05) is 20.0 Å². The number of hydrogen-bond donors (Lipinski definition) is 1. The van der Waals surface area contributed by atoms with Gasteiger partial charge in [-0.25, -0.2) is 0 Å². The first-order valence-corrected chi connectivity index (χ1v) is 15.3. The molecule has 3 aromatic heterocycles. The molecule has 0 fully saturated rings. The predicted molar refractivity (Wildman–Crippen MR) is 182 cm³/mol. The zero-order chi connectivity index (χ0) is 30.6. The van der Waals surface area contributed by atoms with Gasteiger partial charge >= 0.3 is 7.48 Å². The Morgan fingerprint density at radius 3 is 2.36 bits per heavy atom. The van der Waals surface area contributed by atoms with Crippen LogP contribution in [0, 0.1) is 0 Å². The third-order valence-electron chi connectivity index (χ3n) is 10.1. The highest BCUT2D eigenvalue weighted by molar-refractivity contribution is 6.52. The van der Waals surface area contributed by atoms with Crippen LogP contribution in [0.5, 0.6) is 0 Å². The SMILES string of the molecule is CC1(C)c2ccccc2-c2cc3c4ccccc4n(-c4ccc5oc6cncc(BOC(C)(C)C(C)(C)O)c6c5c4)c3cc21. The van der Waals surface area contributed by atoms with Gasteiger partial charge in [0.1, 0.15) is 5.58 Å². The first kappa shape index (κ1) is 27.2. The summed E-state index contributed by atoms with van der Waals surface area (Å²) in [5.74, 6) is 0. The number of fused-ring (bicyclic) bond motifs is 9. The van der Waals surface area contributed by atoms with E-state index in [-0.39, 0.29) is 5.41 Å². The minimum atomic E-state index is -1.01. The quantitative estimate of drug-likeness (QED) is 0.211. The highest BCUT2D eigenvalue weighted by Crippen LogP contribution is 2.51. The van der Waals surface area contributed by atoms with Crippen molar-refractivity contribution >= 4 is 56.7 Å². The van der Waals surface area contributed by atoms with Crippen molar-refractivity contribution in [2.24, 2.45) is 0 Å². The molecule has 0 radical (unpaired) electrons. The number of pyridine rings is 1. The molecular formula is C38H35BN2O3. The lowest BCUT2D eigenvalue weighted by molar-refractivity contribution is -0.0893. The van der Waals surface area contributed by atoms with Crippen LogP contribution >= 0.6 is 0 Å². The predicted octanol–water partition coefficient (Wildman–Crippen LogP) is 7.93. The molecule has 6 heteroatoms. The van der Waals surface area contributed by atoms with Crippen molar-refractivity contribution in [3.63, 3.8) is 0 Å². The summed E-state index contributed by atoms with van der Waals surface area (Å²) in [7, 11) is 0.303. The Balaban J connectivity index is 1.35. The van der Waals surface area contributed by atoms with Gasteiger partial charge in [-0.15, -0.1) is 0 Å². The van der Waals surface area contributed by atoms with Crippen LogP contribution < -0.4 is 5.46 Å². The molecule has 0 saturated carbocycles. The highest BCUT2D eigenvalue weighted by atomic mass is 16.5. The average molecular weight is 579 g/mol. The molecule has 0 bridgehead atoms. The number of aliphatic hydroxyl groups is 1. The molecule has 5 nitrogen and oxygen atoms in total. The summed E-state index contributed by atoms with van der Waals surface area (Å²) < 4.78 is 14.9. The lowest BCUT2D eigenvalue weighted by Gasteiger charge is -2.37. The maximum absolute atomic E-state index is 10.7. The normalized spacial score (nSPS) is 14.5. The Kier molecular flexibility index (Phi) is 5.60. The van der Waals surface area contributed by atoms with Crippen molar-refractivity contribution < 1.29 is 14.2 Å². The van der Waals surface area contributed by atoms with Crippen molar-refractivity contribution in [3.05, 3.63) is 102 Å². The summed E-state index contributed by atoms with van der Waals surface area (Å²) >= 11 is 0. The molecule has 0 spiro atoms. The summed E-state index contributed by atoms with van der Waals surface area (Å²) in [4.78, 5) is 4.45. The fourth-order valence-electron chi connectivity index (χ4n) is 6.91. The molecular weight excluding hydrogens is 543 g/mol. The lowest BCUT2D eigenvalue weighted by Crippen LogP contribution is -2.49. The van der Waals surface area contributed by atoms with Crippen molar-refractivity contribution in [3.8, 4) is 16.8 Å². The average Bonchev–Trinajstić information content (AvgIpc) is 3.60. The number of rotatable bonds is 5. The molecule has 1 aliphatic rings. The zero-order valence-corrected chi connectivity index (χ0v) is 26.0. The number of hydrogen-bond acceptors (Lipinski definition) is 4. The second-order valence-electron chi connectivity index (χ2n) is 13.8. The number of furan rings is 1. The van der Waals surface area contributed by atoms with Gasteiger partial charge in [-0.1, -0.05) is 56.3 Å². The summed E-state index contributed by atoms with van der Waals surface area (Å²) in [5.41, 5.74) is 9.40. The summed E-state index contributed by atoms with van der Waals surface area (Å²) in [6, 6.07) is 28.7. The Morgan fingerprint density at radius 2 is 1.55 bits per heavy atom. The molecule has 1 aliphatic carbocycles. The van der Waals surface area contributed by atoms with E-state index in [0.29, 0.717) is 7.48 Å². The smallest absolute Gasteiger partial charge is 0.311 e. The van der Waals surface area contributed by atoms with Crippen molar-refractivity contribution in [1.82, 2.24) is 9.55 Å². The van der Waals surface area contributed by atoms with Crippen molar-refractivity contribution in [2.45, 2.75) is 58.2 Å². The largest absolute Gasteiger partial charge is 0.454 e. The van der Waals surface area contributed by atoms with Crippen LogP contribution in [0.25, 0.3) is 60.6 Å². The maximum atomic E-state index is 10.7.